The van der Waals surface area contributed by atoms with Crippen LogP contribution in [0.15, 0.2) is 53.5 Å². The summed E-state index contributed by atoms with van der Waals surface area (Å²) in [6.07, 6.45) is 2.29. The third-order valence-electron chi connectivity index (χ3n) is 3.33. The Morgan fingerprint density at radius 1 is 1.24 bits per heavy atom. The van der Waals surface area contributed by atoms with Crippen LogP contribution in [0, 0.1) is 0 Å². The molecule has 1 N–H and O–H groups in total. The van der Waals surface area contributed by atoms with Crippen LogP contribution in [0.4, 0.5) is 0 Å². The van der Waals surface area contributed by atoms with Crippen molar-refractivity contribution in [3.8, 4) is 0 Å². The molecular formula is C16H19N3O2. The molecule has 110 valence electrons. The number of carbonyl (C=O) groups excluding carboxylic acids is 1. The summed E-state index contributed by atoms with van der Waals surface area (Å²) in [4.78, 5) is 23.7. The number of nitrogens with zero attached hydrogens (tertiary/aromatic N) is 2. The van der Waals surface area contributed by atoms with Crippen molar-refractivity contribution in [2.45, 2.75) is 25.8 Å². The zero-order chi connectivity index (χ0) is 15.1. The van der Waals surface area contributed by atoms with E-state index in [9.17, 15) is 9.59 Å². The minimum absolute atomic E-state index is 0.0207. The van der Waals surface area contributed by atoms with Crippen LogP contribution in [0.5, 0.6) is 0 Å². The van der Waals surface area contributed by atoms with Gasteiger partial charge in [0.25, 0.3) is 5.56 Å². The first-order chi connectivity index (χ1) is 10.2. The van der Waals surface area contributed by atoms with E-state index in [0.29, 0.717) is 13.1 Å². The van der Waals surface area contributed by atoms with Gasteiger partial charge in [0, 0.05) is 18.8 Å². The Hall–Kier alpha value is -2.43. The molecule has 2 rings (SSSR count). The maximum atomic E-state index is 12.2. The maximum Gasteiger partial charge on any atom is 0.266 e. The molecule has 0 aliphatic heterocycles. The predicted octanol–water partition coefficient (Wildman–Crippen LogP) is 1.55. The largest absolute Gasteiger partial charge is 0.354 e. The molecule has 1 amide bonds. The smallest absolute Gasteiger partial charge is 0.266 e. The molecule has 0 unspecified atom stereocenters. The zero-order valence-corrected chi connectivity index (χ0v) is 12.0. The van der Waals surface area contributed by atoms with Crippen molar-refractivity contribution < 1.29 is 4.79 Å². The molecule has 2 aromatic rings. The second kappa shape index (κ2) is 7.38. The fourth-order valence-electron chi connectivity index (χ4n) is 2.22. The van der Waals surface area contributed by atoms with Crippen LogP contribution in [0.2, 0.25) is 0 Å². The zero-order valence-electron chi connectivity index (χ0n) is 12.0. The summed E-state index contributed by atoms with van der Waals surface area (Å²) in [7, 11) is 0. The van der Waals surface area contributed by atoms with Crippen molar-refractivity contribution in [1.82, 2.24) is 15.1 Å². The van der Waals surface area contributed by atoms with E-state index >= 15 is 0 Å². The van der Waals surface area contributed by atoms with Gasteiger partial charge in [0.05, 0.1) is 12.5 Å². The SMILES string of the molecule is CC[C@@H](C(=O)NCCn1ncccc1=O)c1ccccc1. The van der Waals surface area contributed by atoms with Gasteiger partial charge < -0.3 is 5.32 Å². The summed E-state index contributed by atoms with van der Waals surface area (Å²) < 4.78 is 1.34. The lowest BCUT2D eigenvalue weighted by Crippen LogP contribution is -2.34. The summed E-state index contributed by atoms with van der Waals surface area (Å²) >= 11 is 0. The average Bonchev–Trinajstić information content (AvgIpc) is 2.51. The van der Waals surface area contributed by atoms with Crippen LogP contribution in [0.25, 0.3) is 0 Å². The highest BCUT2D eigenvalue weighted by Gasteiger charge is 2.17. The number of aromatic nitrogens is 2. The summed E-state index contributed by atoms with van der Waals surface area (Å²) in [6.45, 7) is 2.75. The minimum Gasteiger partial charge on any atom is -0.354 e. The molecule has 1 heterocycles. The van der Waals surface area contributed by atoms with Crippen molar-refractivity contribution in [3.05, 3.63) is 64.6 Å². The fraction of sp³-hybridized carbons (Fsp3) is 0.312. The van der Waals surface area contributed by atoms with Gasteiger partial charge in [-0.15, -0.1) is 0 Å². The highest BCUT2D eigenvalue weighted by atomic mass is 16.2. The van der Waals surface area contributed by atoms with E-state index in [1.165, 1.54) is 10.7 Å². The molecule has 0 saturated heterocycles. The Morgan fingerprint density at radius 2 is 2.00 bits per heavy atom. The van der Waals surface area contributed by atoms with Crippen LogP contribution < -0.4 is 10.9 Å². The summed E-state index contributed by atoms with van der Waals surface area (Å²) in [5.74, 6) is -0.181. The third-order valence-corrected chi connectivity index (χ3v) is 3.33. The molecule has 0 aliphatic carbocycles. The van der Waals surface area contributed by atoms with E-state index in [2.05, 4.69) is 10.4 Å². The molecule has 0 radical (unpaired) electrons. The molecular weight excluding hydrogens is 266 g/mol. The van der Waals surface area contributed by atoms with Gasteiger partial charge in [-0.1, -0.05) is 37.3 Å². The number of carbonyl (C=O) groups is 1. The monoisotopic (exact) mass is 285 g/mol. The highest BCUT2D eigenvalue weighted by Crippen LogP contribution is 2.18. The third kappa shape index (κ3) is 4.02. The first kappa shape index (κ1) is 15.0. The quantitative estimate of drug-likeness (QED) is 0.876. The van der Waals surface area contributed by atoms with Gasteiger partial charge in [0.1, 0.15) is 0 Å². The molecule has 21 heavy (non-hydrogen) atoms. The highest BCUT2D eigenvalue weighted by molar-refractivity contribution is 5.83. The van der Waals surface area contributed by atoms with Crippen molar-refractivity contribution in [1.29, 1.82) is 0 Å². The van der Waals surface area contributed by atoms with Gasteiger partial charge in [-0.2, -0.15) is 5.10 Å². The first-order valence-corrected chi connectivity index (χ1v) is 7.07. The van der Waals surface area contributed by atoms with Crippen LogP contribution in [-0.4, -0.2) is 22.2 Å². The number of amides is 1. The van der Waals surface area contributed by atoms with Gasteiger partial charge >= 0.3 is 0 Å². The second-order valence-corrected chi connectivity index (χ2v) is 4.75. The van der Waals surface area contributed by atoms with Crippen LogP contribution >= 0.6 is 0 Å². The molecule has 0 fully saturated rings. The Morgan fingerprint density at radius 3 is 2.67 bits per heavy atom. The molecule has 0 saturated carbocycles. The van der Waals surface area contributed by atoms with Gasteiger partial charge in [-0.05, 0) is 18.1 Å². The van der Waals surface area contributed by atoms with Crippen molar-refractivity contribution in [2.24, 2.45) is 0 Å². The Bertz CT molecular complexity index is 637. The molecule has 5 nitrogen and oxygen atoms in total. The van der Waals surface area contributed by atoms with Gasteiger partial charge in [-0.3, -0.25) is 9.59 Å². The molecule has 5 heteroatoms. The first-order valence-electron chi connectivity index (χ1n) is 7.07. The molecule has 0 aliphatic rings. The van der Waals surface area contributed by atoms with E-state index in [0.717, 1.165) is 12.0 Å². The van der Waals surface area contributed by atoms with Crippen molar-refractivity contribution >= 4 is 5.91 Å². The Balaban J connectivity index is 1.92. The van der Waals surface area contributed by atoms with E-state index in [1.54, 1.807) is 12.3 Å². The molecule has 1 aromatic carbocycles. The Labute approximate surface area is 123 Å². The van der Waals surface area contributed by atoms with E-state index in [4.69, 9.17) is 0 Å². The standard InChI is InChI=1S/C16H19N3O2/c1-2-14(13-7-4-3-5-8-13)16(21)17-11-12-19-15(20)9-6-10-18-19/h3-10,14H,2,11-12H2,1H3,(H,17,21)/t14-/m1/s1. The second-order valence-electron chi connectivity index (χ2n) is 4.75. The average molecular weight is 285 g/mol. The minimum atomic E-state index is -0.165. The summed E-state index contributed by atoms with van der Waals surface area (Å²) in [5, 5.41) is 6.82. The summed E-state index contributed by atoms with van der Waals surface area (Å²) in [5.41, 5.74) is 0.842. The predicted molar refractivity (Wildman–Crippen MR) is 81.0 cm³/mol. The summed E-state index contributed by atoms with van der Waals surface area (Å²) in [6, 6.07) is 12.8. The van der Waals surface area contributed by atoms with Crippen LogP contribution in [0.3, 0.4) is 0 Å². The van der Waals surface area contributed by atoms with Crippen LogP contribution in [-0.2, 0) is 11.3 Å². The molecule has 0 bridgehead atoms. The number of hydrogen-bond donors (Lipinski definition) is 1. The number of hydrogen-bond acceptors (Lipinski definition) is 3. The van der Waals surface area contributed by atoms with E-state index in [1.807, 2.05) is 37.3 Å². The van der Waals surface area contributed by atoms with Gasteiger partial charge in [-0.25, -0.2) is 4.68 Å². The fourth-order valence-corrected chi connectivity index (χ4v) is 2.22. The van der Waals surface area contributed by atoms with E-state index < -0.39 is 0 Å². The number of benzene rings is 1. The molecule has 1 aromatic heterocycles. The van der Waals surface area contributed by atoms with Gasteiger partial charge in [0.15, 0.2) is 0 Å². The number of nitrogens with one attached hydrogen (secondary N) is 1. The van der Waals surface area contributed by atoms with Crippen molar-refractivity contribution in [3.63, 3.8) is 0 Å². The van der Waals surface area contributed by atoms with E-state index in [-0.39, 0.29) is 17.4 Å². The molecule has 0 spiro atoms. The normalized spacial score (nSPS) is 11.9. The lowest BCUT2D eigenvalue weighted by Gasteiger charge is -2.15. The Kier molecular flexibility index (Phi) is 5.26. The van der Waals surface area contributed by atoms with Crippen molar-refractivity contribution in [2.75, 3.05) is 6.54 Å². The maximum absolute atomic E-state index is 12.2. The molecule has 1 atom stereocenters. The lowest BCUT2D eigenvalue weighted by atomic mass is 9.96. The topological polar surface area (TPSA) is 64.0 Å². The lowest BCUT2D eigenvalue weighted by molar-refractivity contribution is -0.122. The van der Waals surface area contributed by atoms with Crippen LogP contribution in [0.1, 0.15) is 24.8 Å². The number of rotatable bonds is 6. The van der Waals surface area contributed by atoms with Gasteiger partial charge in [0.2, 0.25) is 5.91 Å².